The Bertz CT molecular complexity index is 1200. The highest BCUT2D eigenvalue weighted by Crippen LogP contribution is 2.45. The van der Waals surface area contributed by atoms with Crippen LogP contribution in [-0.4, -0.2) is 32.2 Å². The second-order valence-corrected chi connectivity index (χ2v) is 6.62. The van der Waals surface area contributed by atoms with E-state index in [1.807, 2.05) is 6.07 Å². The van der Waals surface area contributed by atoms with E-state index in [1.165, 1.54) is 30.3 Å². The number of halogens is 3. The van der Waals surface area contributed by atoms with Crippen LogP contribution in [0.5, 0.6) is 11.5 Å². The molecule has 30 heavy (non-hydrogen) atoms. The molecule has 4 rings (SSSR count). The van der Waals surface area contributed by atoms with E-state index < -0.39 is 11.9 Å². The lowest BCUT2D eigenvalue weighted by Gasteiger charge is -2.11. The van der Waals surface area contributed by atoms with Gasteiger partial charge < -0.3 is 9.84 Å². The highest BCUT2D eigenvalue weighted by Gasteiger charge is 2.38. The van der Waals surface area contributed by atoms with Crippen molar-refractivity contribution in [3.05, 3.63) is 66.1 Å². The zero-order valence-electron chi connectivity index (χ0n) is 16.0. The van der Waals surface area contributed by atoms with E-state index in [1.54, 1.807) is 37.3 Å². The van der Waals surface area contributed by atoms with Crippen molar-refractivity contribution in [2.45, 2.75) is 13.1 Å². The van der Waals surface area contributed by atoms with Crippen molar-refractivity contribution in [1.82, 2.24) is 20.0 Å². The standard InChI is InChI=1S/C21H17F3N4O2/c1-12-16(30-2)9-8-15(19(12)29)18-17(20(27-26-18)21(22,23)24)13-10-25-28(11-13)14-6-4-3-5-7-14/h3-11,29H,1-2H3,(H,26,27). The molecule has 0 aliphatic heterocycles. The number of hydrogen-bond donors (Lipinski definition) is 2. The van der Waals surface area contributed by atoms with Gasteiger partial charge in [0.2, 0.25) is 0 Å². The number of alkyl halides is 3. The number of nitrogens with zero attached hydrogens (tertiary/aromatic N) is 3. The van der Waals surface area contributed by atoms with Crippen LogP contribution in [0.4, 0.5) is 13.2 Å². The molecule has 0 amide bonds. The summed E-state index contributed by atoms with van der Waals surface area (Å²) >= 11 is 0. The van der Waals surface area contributed by atoms with Gasteiger partial charge in [-0.3, -0.25) is 5.10 Å². The highest BCUT2D eigenvalue weighted by molar-refractivity contribution is 5.86. The third-order valence-electron chi connectivity index (χ3n) is 4.80. The number of aromatic amines is 1. The predicted octanol–water partition coefficient (Wildman–Crippen LogP) is 4.97. The molecule has 0 aliphatic carbocycles. The first-order valence-electron chi connectivity index (χ1n) is 8.94. The predicted molar refractivity (Wildman–Crippen MR) is 105 cm³/mol. The fraction of sp³-hybridized carbons (Fsp3) is 0.143. The molecule has 2 heterocycles. The zero-order valence-corrected chi connectivity index (χ0v) is 16.0. The second-order valence-electron chi connectivity index (χ2n) is 6.62. The van der Waals surface area contributed by atoms with Gasteiger partial charge in [-0.15, -0.1) is 0 Å². The molecule has 154 valence electrons. The Morgan fingerprint density at radius 3 is 2.50 bits per heavy atom. The molecule has 0 unspecified atom stereocenters. The topological polar surface area (TPSA) is 76.0 Å². The Morgan fingerprint density at radius 2 is 1.83 bits per heavy atom. The first kappa shape index (κ1) is 19.6. The number of para-hydroxylation sites is 1. The average molecular weight is 414 g/mol. The summed E-state index contributed by atoms with van der Waals surface area (Å²) in [5.74, 6) is 0.215. The number of phenols is 1. The van der Waals surface area contributed by atoms with E-state index in [9.17, 15) is 18.3 Å². The number of nitrogens with one attached hydrogen (secondary N) is 1. The highest BCUT2D eigenvalue weighted by atomic mass is 19.4. The van der Waals surface area contributed by atoms with Crippen LogP contribution < -0.4 is 4.74 Å². The quantitative estimate of drug-likeness (QED) is 0.494. The van der Waals surface area contributed by atoms with Gasteiger partial charge in [0.1, 0.15) is 22.9 Å². The minimum atomic E-state index is -4.67. The van der Waals surface area contributed by atoms with Crippen LogP contribution in [0.1, 0.15) is 11.3 Å². The van der Waals surface area contributed by atoms with Gasteiger partial charge in [0.25, 0.3) is 0 Å². The minimum absolute atomic E-state index is 0.0295. The zero-order chi connectivity index (χ0) is 21.5. The van der Waals surface area contributed by atoms with Crippen LogP contribution in [0.15, 0.2) is 54.9 Å². The first-order valence-corrected chi connectivity index (χ1v) is 8.94. The lowest BCUT2D eigenvalue weighted by molar-refractivity contribution is -0.140. The number of aromatic hydroxyl groups is 1. The molecule has 0 radical (unpaired) electrons. The van der Waals surface area contributed by atoms with Gasteiger partial charge in [0.05, 0.1) is 19.0 Å². The summed E-state index contributed by atoms with van der Waals surface area (Å²) in [5, 5.41) is 20.8. The van der Waals surface area contributed by atoms with Crippen LogP contribution in [0, 0.1) is 6.92 Å². The number of ether oxygens (including phenoxy) is 1. The van der Waals surface area contributed by atoms with E-state index in [2.05, 4.69) is 15.3 Å². The van der Waals surface area contributed by atoms with Crippen molar-refractivity contribution in [3.8, 4) is 39.6 Å². The molecule has 0 saturated heterocycles. The fourth-order valence-corrected chi connectivity index (χ4v) is 3.29. The van der Waals surface area contributed by atoms with Gasteiger partial charge in [-0.25, -0.2) is 4.68 Å². The molecule has 0 saturated carbocycles. The number of H-pyrrole nitrogens is 1. The van der Waals surface area contributed by atoms with Crippen LogP contribution in [0.2, 0.25) is 0 Å². The van der Waals surface area contributed by atoms with Crippen LogP contribution in [-0.2, 0) is 6.18 Å². The monoisotopic (exact) mass is 414 g/mol. The van der Waals surface area contributed by atoms with Gasteiger partial charge >= 0.3 is 6.18 Å². The number of hydrogen-bond acceptors (Lipinski definition) is 4. The lowest BCUT2D eigenvalue weighted by atomic mass is 9.98. The summed E-state index contributed by atoms with van der Waals surface area (Å²) in [7, 11) is 1.45. The minimum Gasteiger partial charge on any atom is -0.507 e. The third kappa shape index (κ3) is 3.28. The largest absolute Gasteiger partial charge is 0.507 e. The number of benzene rings is 2. The summed E-state index contributed by atoms with van der Waals surface area (Å²) in [6, 6.07) is 12.1. The molecule has 9 heteroatoms. The van der Waals surface area contributed by atoms with E-state index in [0.717, 1.165) is 0 Å². The number of phenolic OH excluding ortho intramolecular Hbond substituents is 1. The maximum Gasteiger partial charge on any atom is 0.433 e. The van der Waals surface area contributed by atoms with Gasteiger partial charge in [-0.05, 0) is 31.2 Å². The molecule has 2 aromatic heterocycles. The van der Waals surface area contributed by atoms with Gasteiger partial charge in [0.15, 0.2) is 0 Å². The summed E-state index contributed by atoms with van der Waals surface area (Å²) in [5.41, 5.74) is 0.231. The Balaban J connectivity index is 1.91. The van der Waals surface area contributed by atoms with Crippen molar-refractivity contribution in [3.63, 3.8) is 0 Å². The van der Waals surface area contributed by atoms with Gasteiger partial charge in [-0.1, -0.05) is 18.2 Å². The smallest absolute Gasteiger partial charge is 0.433 e. The van der Waals surface area contributed by atoms with E-state index >= 15 is 0 Å². The molecule has 0 spiro atoms. The molecule has 2 aromatic carbocycles. The maximum absolute atomic E-state index is 13.7. The summed E-state index contributed by atoms with van der Waals surface area (Å²) in [6.07, 6.45) is -1.84. The maximum atomic E-state index is 13.7. The molecule has 0 bridgehead atoms. The fourth-order valence-electron chi connectivity index (χ4n) is 3.29. The molecule has 2 N–H and O–H groups in total. The van der Waals surface area contributed by atoms with Crippen molar-refractivity contribution < 1.29 is 23.0 Å². The third-order valence-corrected chi connectivity index (χ3v) is 4.80. The lowest BCUT2D eigenvalue weighted by Crippen LogP contribution is -2.07. The van der Waals surface area contributed by atoms with E-state index in [-0.39, 0.29) is 28.1 Å². The molecule has 4 aromatic rings. The Morgan fingerprint density at radius 1 is 1.10 bits per heavy atom. The molecule has 0 aliphatic rings. The van der Waals surface area contributed by atoms with Crippen LogP contribution in [0.25, 0.3) is 28.1 Å². The molecular weight excluding hydrogens is 397 g/mol. The van der Waals surface area contributed by atoms with Gasteiger partial charge in [0, 0.05) is 28.5 Å². The number of rotatable bonds is 4. The van der Waals surface area contributed by atoms with Crippen molar-refractivity contribution in [2.24, 2.45) is 0 Å². The van der Waals surface area contributed by atoms with Crippen LogP contribution in [0.3, 0.4) is 0 Å². The summed E-state index contributed by atoms with van der Waals surface area (Å²) in [6.45, 7) is 1.61. The molecule has 6 nitrogen and oxygen atoms in total. The average Bonchev–Trinajstić information content (AvgIpc) is 3.37. The molecule has 0 fully saturated rings. The van der Waals surface area contributed by atoms with E-state index in [0.29, 0.717) is 17.0 Å². The Hall–Kier alpha value is -3.75. The molecule has 0 atom stereocenters. The number of aromatic nitrogens is 4. The second kappa shape index (κ2) is 7.25. The summed E-state index contributed by atoms with van der Waals surface area (Å²) in [4.78, 5) is 0. The normalized spacial score (nSPS) is 11.6. The molecular formula is C21H17F3N4O2. The van der Waals surface area contributed by atoms with Crippen molar-refractivity contribution in [2.75, 3.05) is 7.11 Å². The number of methoxy groups -OCH3 is 1. The van der Waals surface area contributed by atoms with E-state index in [4.69, 9.17) is 4.74 Å². The van der Waals surface area contributed by atoms with Gasteiger partial charge in [-0.2, -0.15) is 23.4 Å². The Labute approximate surface area is 169 Å². The summed E-state index contributed by atoms with van der Waals surface area (Å²) < 4.78 is 47.8. The first-order chi connectivity index (χ1) is 14.3. The van der Waals surface area contributed by atoms with Crippen molar-refractivity contribution >= 4 is 0 Å². The Kier molecular flexibility index (Phi) is 4.73. The van der Waals surface area contributed by atoms with Crippen molar-refractivity contribution in [1.29, 1.82) is 0 Å². The SMILES string of the molecule is COc1ccc(-c2n[nH]c(C(F)(F)F)c2-c2cnn(-c3ccccc3)c2)c(O)c1C. The van der Waals surface area contributed by atoms with Crippen LogP contribution >= 0.6 is 0 Å².